The molecule has 3 heterocycles. The van der Waals surface area contributed by atoms with Gasteiger partial charge in [0, 0.05) is 22.7 Å². The number of rotatable bonds is 5. The van der Waals surface area contributed by atoms with Crippen molar-refractivity contribution in [2.24, 2.45) is 5.92 Å². The van der Waals surface area contributed by atoms with Crippen LogP contribution in [0.2, 0.25) is 0 Å². The molecule has 0 saturated heterocycles. The molecule has 0 N–H and O–H groups in total. The molecule has 264 valence electrons. The summed E-state index contributed by atoms with van der Waals surface area (Å²) in [6.45, 7) is 2.30. The number of allylic oxidation sites excluding steroid dienone is 1. The zero-order valence-electron chi connectivity index (χ0n) is 31.0. The van der Waals surface area contributed by atoms with Crippen molar-refractivity contribution >= 4 is 49.4 Å². The van der Waals surface area contributed by atoms with E-state index in [1.165, 1.54) is 71.4 Å². The van der Waals surface area contributed by atoms with Gasteiger partial charge in [-0.15, -0.1) is 0 Å². The minimum Gasteiger partial charge on any atom is -0.308 e. The lowest BCUT2D eigenvalue weighted by Gasteiger charge is -2.20. The van der Waals surface area contributed by atoms with Gasteiger partial charge in [0.1, 0.15) is 0 Å². The van der Waals surface area contributed by atoms with E-state index in [1.54, 1.807) is 0 Å². The van der Waals surface area contributed by atoms with Gasteiger partial charge in [-0.1, -0.05) is 140 Å². The Morgan fingerprint density at radius 2 is 1.11 bits per heavy atom. The fourth-order valence-corrected chi connectivity index (χ4v) is 8.97. The van der Waals surface area contributed by atoms with E-state index in [1.807, 2.05) is 30.6 Å². The van der Waals surface area contributed by atoms with Gasteiger partial charge in [-0.3, -0.25) is 9.97 Å². The van der Waals surface area contributed by atoms with Crippen LogP contribution in [0.4, 0.5) is 0 Å². The minimum atomic E-state index is 0.551. The Morgan fingerprint density at radius 3 is 1.82 bits per heavy atom. The third-order valence-electron chi connectivity index (χ3n) is 11.6. The first kappa shape index (κ1) is 32.3. The predicted octanol–water partition coefficient (Wildman–Crippen LogP) is 13.8. The van der Waals surface area contributed by atoms with Crippen molar-refractivity contribution < 1.29 is 0 Å². The molecule has 0 saturated carbocycles. The van der Waals surface area contributed by atoms with Crippen LogP contribution in [0, 0.1) is 5.92 Å². The summed E-state index contributed by atoms with van der Waals surface area (Å²) in [5.74, 6) is 0.551. The Balaban J connectivity index is 1.05. The predicted molar refractivity (Wildman–Crippen MR) is 235 cm³/mol. The molecule has 0 spiro atoms. The van der Waals surface area contributed by atoms with Crippen molar-refractivity contribution in [1.82, 2.24) is 14.5 Å². The highest BCUT2D eigenvalue weighted by atomic mass is 15.0. The van der Waals surface area contributed by atoms with Crippen LogP contribution < -0.4 is 0 Å². The molecule has 0 radical (unpaired) electrons. The van der Waals surface area contributed by atoms with Crippen LogP contribution in [-0.4, -0.2) is 14.5 Å². The van der Waals surface area contributed by atoms with Crippen molar-refractivity contribution in [3.63, 3.8) is 0 Å². The number of hydrogen-bond donors (Lipinski definition) is 0. The van der Waals surface area contributed by atoms with Crippen molar-refractivity contribution in [2.45, 2.75) is 13.3 Å². The number of hydrogen-bond acceptors (Lipinski definition) is 2. The Morgan fingerprint density at radius 1 is 0.482 bits per heavy atom. The van der Waals surface area contributed by atoms with Gasteiger partial charge in [0.15, 0.2) is 0 Å². The lowest BCUT2D eigenvalue weighted by Crippen LogP contribution is -2.03. The lowest BCUT2D eigenvalue weighted by atomic mass is 9.83. The summed E-state index contributed by atoms with van der Waals surface area (Å²) in [5, 5.41) is 7.44. The molecule has 0 bridgehead atoms. The molecule has 7 aromatic carbocycles. The van der Waals surface area contributed by atoms with Crippen LogP contribution in [-0.2, 0) is 6.42 Å². The molecule has 3 nitrogen and oxygen atoms in total. The molecule has 0 fully saturated rings. The quantitative estimate of drug-likeness (QED) is 0.166. The standard InChI is InChI=1S/C53H37N3/c1-34-18-19-36-22-25-39(30-40(36)29-34)53-44-15-7-5-13-42(44)52(43-14-6-8-16-45(43)53)37-23-20-35(21-24-37)38-26-27-50-46(31-38)47-32-49(48-17-9-10-28-54-48)55-33-51(47)56(50)41-11-3-2-4-12-41/h2-28,30-34H,29H2,1H3. The third-order valence-corrected chi connectivity index (χ3v) is 11.6. The highest BCUT2D eigenvalue weighted by molar-refractivity contribution is 6.21. The summed E-state index contributed by atoms with van der Waals surface area (Å²) in [7, 11) is 0. The second-order valence-electron chi connectivity index (χ2n) is 15.1. The highest BCUT2D eigenvalue weighted by Gasteiger charge is 2.19. The fourth-order valence-electron chi connectivity index (χ4n) is 8.97. The number of pyridine rings is 2. The normalized spacial score (nSPS) is 13.8. The van der Waals surface area contributed by atoms with E-state index in [0.717, 1.165) is 39.9 Å². The van der Waals surface area contributed by atoms with Crippen molar-refractivity contribution in [3.8, 4) is 50.5 Å². The maximum absolute atomic E-state index is 4.88. The molecule has 10 aromatic rings. The SMILES string of the molecule is CC1C=Cc2ccc(-c3c4ccccc4c(-c4ccc(-c5ccc6c(c5)c5cc(-c7ccccn7)ncc5n6-c5ccccc5)cc4)c4ccccc34)cc2C1. The van der Waals surface area contributed by atoms with Gasteiger partial charge in [0.25, 0.3) is 0 Å². The highest BCUT2D eigenvalue weighted by Crippen LogP contribution is 2.45. The topological polar surface area (TPSA) is 30.7 Å². The molecule has 0 amide bonds. The average Bonchev–Trinajstić information content (AvgIpc) is 3.59. The Hall–Kier alpha value is -7.10. The van der Waals surface area contributed by atoms with Crippen molar-refractivity contribution in [2.75, 3.05) is 0 Å². The molecule has 3 heteroatoms. The number of fused-ring (bicyclic) bond motifs is 6. The number of nitrogens with zero attached hydrogens (tertiary/aromatic N) is 3. The molecule has 0 aliphatic heterocycles. The number of benzene rings is 7. The van der Waals surface area contributed by atoms with Crippen LogP contribution in [0.1, 0.15) is 18.1 Å². The lowest BCUT2D eigenvalue weighted by molar-refractivity contribution is 0.717. The smallest absolute Gasteiger partial charge is 0.0893 e. The number of para-hydroxylation sites is 1. The molecule has 1 atom stereocenters. The maximum atomic E-state index is 4.88. The fraction of sp³-hybridized carbons (Fsp3) is 0.0566. The van der Waals surface area contributed by atoms with Gasteiger partial charge in [0.05, 0.1) is 28.6 Å². The van der Waals surface area contributed by atoms with Gasteiger partial charge >= 0.3 is 0 Å². The first-order chi connectivity index (χ1) is 27.7. The van der Waals surface area contributed by atoms with E-state index < -0.39 is 0 Å². The van der Waals surface area contributed by atoms with E-state index in [2.05, 4.69) is 174 Å². The zero-order valence-corrected chi connectivity index (χ0v) is 31.0. The van der Waals surface area contributed by atoms with Crippen molar-refractivity contribution in [1.29, 1.82) is 0 Å². The molecule has 56 heavy (non-hydrogen) atoms. The molecular weight excluding hydrogens is 679 g/mol. The average molecular weight is 716 g/mol. The van der Waals surface area contributed by atoms with Gasteiger partial charge in [-0.2, -0.15) is 0 Å². The zero-order chi connectivity index (χ0) is 37.2. The molecule has 1 unspecified atom stereocenters. The molecule has 3 aromatic heterocycles. The maximum Gasteiger partial charge on any atom is 0.0893 e. The number of aromatic nitrogens is 3. The van der Waals surface area contributed by atoms with Gasteiger partial charge < -0.3 is 4.57 Å². The summed E-state index contributed by atoms with van der Waals surface area (Å²) >= 11 is 0. The summed E-state index contributed by atoms with van der Waals surface area (Å²) in [6, 6.07) is 59.6. The van der Waals surface area contributed by atoms with E-state index in [4.69, 9.17) is 4.98 Å². The van der Waals surface area contributed by atoms with Crippen LogP contribution in [0.25, 0.3) is 99.9 Å². The van der Waals surface area contributed by atoms with E-state index in [9.17, 15) is 0 Å². The van der Waals surface area contributed by atoms with Gasteiger partial charge in [-0.25, -0.2) is 0 Å². The summed E-state index contributed by atoms with van der Waals surface area (Å²) in [4.78, 5) is 9.48. The Bertz CT molecular complexity index is 3100. The second kappa shape index (κ2) is 13.0. The van der Waals surface area contributed by atoms with Crippen LogP contribution >= 0.6 is 0 Å². The molecular formula is C53H37N3. The van der Waals surface area contributed by atoms with E-state index in [-0.39, 0.29) is 0 Å². The third kappa shape index (κ3) is 5.27. The first-order valence-electron chi connectivity index (χ1n) is 19.4. The van der Waals surface area contributed by atoms with Gasteiger partial charge in [0.2, 0.25) is 0 Å². The van der Waals surface area contributed by atoms with Crippen LogP contribution in [0.3, 0.4) is 0 Å². The summed E-state index contributed by atoms with van der Waals surface area (Å²) in [5.41, 5.74) is 15.3. The molecule has 11 rings (SSSR count). The second-order valence-corrected chi connectivity index (χ2v) is 15.1. The van der Waals surface area contributed by atoms with Gasteiger partial charge in [-0.05, 0) is 121 Å². The van der Waals surface area contributed by atoms with E-state index >= 15 is 0 Å². The largest absolute Gasteiger partial charge is 0.308 e. The van der Waals surface area contributed by atoms with Crippen molar-refractivity contribution in [3.05, 3.63) is 193 Å². The monoisotopic (exact) mass is 715 g/mol. The Kier molecular flexibility index (Phi) is 7.53. The van der Waals surface area contributed by atoms with E-state index in [0.29, 0.717) is 5.92 Å². The first-order valence-corrected chi connectivity index (χ1v) is 19.4. The van der Waals surface area contributed by atoms with Crippen LogP contribution in [0.5, 0.6) is 0 Å². The summed E-state index contributed by atoms with van der Waals surface area (Å²) < 4.78 is 2.31. The summed E-state index contributed by atoms with van der Waals surface area (Å²) in [6.07, 6.45) is 9.50. The molecule has 1 aliphatic carbocycles. The minimum absolute atomic E-state index is 0.551. The van der Waals surface area contributed by atoms with Crippen LogP contribution in [0.15, 0.2) is 182 Å². The Labute approximate surface area is 325 Å². The molecule has 1 aliphatic rings.